The van der Waals surface area contributed by atoms with Gasteiger partial charge in [-0.2, -0.15) is 5.10 Å². The van der Waals surface area contributed by atoms with Crippen LogP contribution < -0.4 is 10.2 Å². The summed E-state index contributed by atoms with van der Waals surface area (Å²) in [5.41, 5.74) is 6.63. The van der Waals surface area contributed by atoms with E-state index in [1.165, 1.54) is 0 Å². The number of nitrogens with one attached hydrogen (secondary N) is 1. The third-order valence-electron chi connectivity index (χ3n) is 4.42. The van der Waals surface area contributed by atoms with Crippen molar-refractivity contribution in [1.82, 2.24) is 9.99 Å². The number of hydrogen-bond acceptors (Lipinski definition) is 3. The minimum absolute atomic E-state index is 0.295. The number of hydrogen-bond donors (Lipinski definition) is 1. The molecule has 3 rings (SSSR count). The van der Waals surface area contributed by atoms with Crippen LogP contribution >= 0.6 is 23.2 Å². The Hall–Kier alpha value is -2.76. The van der Waals surface area contributed by atoms with Gasteiger partial charge in [0.1, 0.15) is 5.75 Å². The van der Waals surface area contributed by atoms with Crippen LogP contribution in [0.15, 0.2) is 53.6 Å². The zero-order chi connectivity index (χ0) is 21.0. The summed E-state index contributed by atoms with van der Waals surface area (Å²) < 4.78 is 7.38. The Kier molecular flexibility index (Phi) is 6.62. The van der Waals surface area contributed by atoms with Crippen LogP contribution in [0.5, 0.6) is 5.75 Å². The van der Waals surface area contributed by atoms with Crippen molar-refractivity contribution in [1.29, 1.82) is 0 Å². The average molecular weight is 430 g/mol. The fourth-order valence-corrected chi connectivity index (χ4v) is 3.41. The minimum Gasteiger partial charge on any atom is -0.494 e. The van der Waals surface area contributed by atoms with E-state index in [0.717, 1.165) is 28.4 Å². The van der Waals surface area contributed by atoms with Crippen LogP contribution in [0.25, 0.3) is 5.69 Å². The Morgan fingerprint density at radius 3 is 2.55 bits per heavy atom. The van der Waals surface area contributed by atoms with E-state index in [0.29, 0.717) is 22.2 Å². The van der Waals surface area contributed by atoms with Gasteiger partial charge in [0.25, 0.3) is 5.91 Å². The molecule has 2 aromatic carbocycles. The quantitative estimate of drug-likeness (QED) is 0.411. The van der Waals surface area contributed by atoms with Gasteiger partial charge in [-0.05, 0) is 69.3 Å². The molecule has 0 bridgehead atoms. The standard InChI is InChI=1S/C22H21Cl2N3O2/c1-4-29-19-8-5-16(6-9-19)22(28)26-25-13-17-11-14(2)27(15(17)3)21-12-18(23)7-10-20(21)24/h5-13H,4H2,1-3H3,(H,26,28)/b25-13-. The maximum Gasteiger partial charge on any atom is 0.271 e. The molecular weight excluding hydrogens is 409 g/mol. The monoisotopic (exact) mass is 429 g/mol. The molecule has 0 atom stereocenters. The summed E-state index contributed by atoms with van der Waals surface area (Å²) in [5, 5.41) is 5.30. The molecule has 0 saturated heterocycles. The van der Waals surface area contributed by atoms with E-state index in [1.54, 1.807) is 42.6 Å². The summed E-state index contributed by atoms with van der Waals surface area (Å²) in [6, 6.07) is 14.2. The molecule has 0 aliphatic carbocycles. The zero-order valence-corrected chi connectivity index (χ0v) is 17.9. The van der Waals surface area contributed by atoms with Gasteiger partial charge in [-0.3, -0.25) is 4.79 Å². The van der Waals surface area contributed by atoms with E-state index in [9.17, 15) is 4.79 Å². The number of halogens is 2. The molecule has 5 nitrogen and oxygen atoms in total. The smallest absolute Gasteiger partial charge is 0.271 e. The first-order chi connectivity index (χ1) is 13.9. The van der Waals surface area contributed by atoms with E-state index in [1.807, 2.05) is 37.5 Å². The van der Waals surface area contributed by atoms with Crippen molar-refractivity contribution in [2.24, 2.45) is 5.10 Å². The number of carbonyl (C=O) groups excluding carboxylic acids is 1. The van der Waals surface area contributed by atoms with E-state index >= 15 is 0 Å². The van der Waals surface area contributed by atoms with Crippen LogP contribution in [-0.2, 0) is 0 Å². The van der Waals surface area contributed by atoms with Gasteiger partial charge in [0.05, 0.1) is 23.5 Å². The Bertz CT molecular complexity index is 1060. The van der Waals surface area contributed by atoms with E-state index in [-0.39, 0.29) is 5.91 Å². The van der Waals surface area contributed by atoms with Crippen molar-refractivity contribution in [3.8, 4) is 11.4 Å². The molecule has 0 aliphatic rings. The lowest BCUT2D eigenvalue weighted by Crippen LogP contribution is -2.17. The Balaban J connectivity index is 1.76. The summed E-state index contributed by atoms with van der Waals surface area (Å²) in [7, 11) is 0. The van der Waals surface area contributed by atoms with Crippen molar-refractivity contribution in [2.75, 3.05) is 6.61 Å². The van der Waals surface area contributed by atoms with Gasteiger partial charge >= 0.3 is 0 Å². The lowest BCUT2D eigenvalue weighted by atomic mass is 10.2. The summed E-state index contributed by atoms with van der Waals surface area (Å²) in [4.78, 5) is 12.3. The normalized spacial score (nSPS) is 11.1. The summed E-state index contributed by atoms with van der Waals surface area (Å²) >= 11 is 12.5. The summed E-state index contributed by atoms with van der Waals surface area (Å²) in [5.74, 6) is 0.427. The highest BCUT2D eigenvalue weighted by Crippen LogP contribution is 2.28. The number of amides is 1. The van der Waals surface area contributed by atoms with Crippen molar-refractivity contribution in [2.45, 2.75) is 20.8 Å². The highest BCUT2D eigenvalue weighted by Gasteiger charge is 2.13. The molecule has 0 aliphatic heterocycles. The fraction of sp³-hybridized carbons (Fsp3) is 0.182. The molecule has 1 aromatic heterocycles. The number of benzene rings is 2. The van der Waals surface area contributed by atoms with Crippen LogP contribution in [0.1, 0.15) is 34.2 Å². The van der Waals surface area contributed by atoms with Gasteiger partial charge in [-0.25, -0.2) is 5.43 Å². The maximum atomic E-state index is 12.3. The molecule has 1 amide bonds. The first kappa shape index (κ1) is 21.0. The molecule has 150 valence electrons. The Morgan fingerprint density at radius 1 is 1.14 bits per heavy atom. The van der Waals surface area contributed by atoms with Crippen molar-refractivity contribution >= 4 is 35.3 Å². The molecule has 1 heterocycles. The zero-order valence-electron chi connectivity index (χ0n) is 16.4. The number of nitrogens with zero attached hydrogens (tertiary/aromatic N) is 2. The highest BCUT2D eigenvalue weighted by molar-refractivity contribution is 6.34. The van der Waals surface area contributed by atoms with Crippen LogP contribution in [0.4, 0.5) is 0 Å². The average Bonchev–Trinajstić information content (AvgIpc) is 2.98. The topological polar surface area (TPSA) is 55.6 Å². The second-order valence-corrected chi connectivity index (χ2v) is 7.26. The number of carbonyl (C=O) groups is 1. The van der Waals surface area contributed by atoms with Gasteiger partial charge in [0.2, 0.25) is 0 Å². The first-order valence-corrected chi connectivity index (χ1v) is 9.87. The van der Waals surface area contributed by atoms with Crippen molar-refractivity contribution < 1.29 is 9.53 Å². The minimum atomic E-state index is -0.295. The van der Waals surface area contributed by atoms with Gasteiger partial charge in [0.15, 0.2) is 0 Å². The predicted molar refractivity (Wildman–Crippen MR) is 118 cm³/mol. The molecule has 0 saturated carbocycles. The third kappa shape index (κ3) is 4.81. The molecule has 7 heteroatoms. The molecule has 0 fully saturated rings. The number of rotatable bonds is 6. The van der Waals surface area contributed by atoms with E-state index in [2.05, 4.69) is 10.5 Å². The fourth-order valence-electron chi connectivity index (χ4n) is 3.04. The lowest BCUT2D eigenvalue weighted by molar-refractivity contribution is 0.0955. The van der Waals surface area contributed by atoms with E-state index in [4.69, 9.17) is 27.9 Å². The second-order valence-electron chi connectivity index (χ2n) is 6.41. The van der Waals surface area contributed by atoms with Gasteiger partial charge < -0.3 is 9.30 Å². The SMILES string of the molecule is CCOc1ccc(C(=O)N/N=C\c2cc(C)n(-c3cc(Cl)ccc3Cl)c2C)cc1. The van der Waals surface area contributed by atoms with Gasteiger partial charge in [0, 0.05) is 27.5 Å². The number of hydrazone groups is 1. The van der Waals surface area contributed by atoms with Crippen molar-refractivity contribution in [3.05, 3.63) is 81.1 Å². The molecule has 3 aromatic rings. The molecular formula is C22H21Cl2N3O2. The Labute approximate surface area is 179 Å². The number of ether oxygens (including phenoxy) is 1. The number of aryl methyl sites for hydroxylation is 1. The maximum absolute atomic E-state index is 12.3. The third-order valence-corrected chi connectivity index (χ3v) is 4.97. The molecule has 0 unspecified atom stereocenters. The largest absolute Gasteiger partial charge is 0.494 e. The van der Waals surface area contributed by atoms with Gasteiger partial charge in [-0.15, -0.1) is 0 Å². The molecule has 0 radical (unpaired) electrons. The Morgan fingerprint density at radius 2 is 1.86 bits per heavy atom. The van der Waals surface area contributed by atoms with Crippen LogP contribution in [0.3, 0.4) is 0 Å². The van der Waals surface area contributed by atoms with Gasteiger partial charge in [-0.1, -0.05) is 23.2 Å². The van der Waals surface area contributed by atoms with Crippen LogP contribution in [-0.4, -0.2) is 23.3 Å². The van der Waals surface area contributed by atoms with Crippen molar-refractivity contribution in [3.63, 3.8) is 0 Å². The molecule has 29 heavy (non-hydrogen) atoms. The highest BCUT2D eigenvalue weighted by atomic mass is 35.5. The number of aromatic nitrogens is 1. The summed E-state index contributed by atoms with van der Waals surface area (Å²) in [6.07, 6.45) is 1.61. The molecule has 1 N–H and O–H groups in total. The second kappa shape index (κ2) is 9.16. The molecule has 0 spiro atoms. The van der Waals surface area contributed by atoms with Crippen LogP contribution in [0.2, 0.25) is 10.0 Å². The predicted octanol–water partition coefficient (Wildman–Crippen LogP) is 5.56. The van der Waals surface area contributed by atoms with Crippen LogP contribution in [0, 0.1) is 13.8 Å². The first-order valence-electron chi connectivity index (χ1n) is 9.11. The summed E-state index contributed by atoms with van der Waals surface area (Å²) in [6.45, 7) is 6.42. The van der Waals surface area contributed by atoms with E-state index < -0.39 is 0 Å². The lowest BCUT2D eigenvalue weighted by Gasteiger charge is -2.12.